The summed E-state index contributed by atoms with van der Waals surface area (Å²) < 4.78 is 25.1. The molecule has 0 aromatic heterocycles. The maximum atomic E-state index is 14.3. The van der Waals surface area contributed by atoms with Crippen molar-refractivity contribution in [3.05, 3.63) is 48.3 Å². The third-order valence-electron chi connectivity index (χ3n) is 4.30. The van der Waals surface area contributed by atoms with E-state index in [2.05, 4.69) is 16.0 Å². The minimum absolute atomic E-state index is 0.00288. The van der Waals surface area contributed by atoms with E-state index in [1.54, 1.807) is 24.3 Å². The summed E-state index contributed by atoms with van der Waals surface area (Å²) in [5.41, 5.74) is 0.267. The molecule has 3 rings (SSSR count). The van der Waals surface area contributed by atoms with Crippen molar-refractivity contribution < 1.29 is 23.5 Å². The van der Waals surface area contributed by atoms with E-state index in [0.29, 0.717) is 11.5 Å². The molecule has 1 atom stereocenters. The van der Waals surface area contributed by atoms with Crippen LogP contribution in [0.25, 0.3) is 0 Å². The molecule has 1 heterocycles. The summed E-state index contributed by atoms with van der Waals surface area (Å²) in [6.45, 7) is 0.616. The van der Waals surface area contributed by atoms with Gasteiger partial charge in [-0.2, -0.15) is 0 Å². The molecule has 2 aromatic carbocycles. The SMILES string of the molecule is COc1ccccc1Oc1ccc(NC(=O)CNC(=O)C2CCCN2)cc1F. The van der Waals surface area contributed by atoms with Crippen molar-refractivity contribution in [3.8, 4) is 17.2 Å². The van der Waals surface area contributed by atoms with E-state index in [9.17, 15) is 14.0 Å². The first-order valence-electron chi connectivity index (χ1n) is 8.98. The Morgan fingerprint density at radius 1 is 1.18 bits per heavy atom. The maximum absolute atomic E-state index is 14.3. The molecule has 2 amide bonds. The number of halogens is 1. The minimum Gasteiger partial charge on any atom is -0.493 e. The number of nitrogens with one attached hydrogen (secondary N) is 3. The second-order valence-corrected chi connectivity index (χ2v) is 6.31. The number of carbonyl (C=O) groups excluding carboxylic acids is 2. The van der Waals surface area contributed by atoms with Crippen LogP contribution in [-0.4, -0.2) is 38.1 Å². The Labute approximate surface area is 162 Å². The van der Waals surface area contributed by atoms with Crippen LogP contribution in [0.2, 0.25) is 0 Å². The average Bonchev–Trinajstić information content (AvgIpc) is 3.23. The first kappa shape index (κ1) is 19.6. The summed E-state index contributed by atoms with van der Waals surface area (Å²) in [5, 5.41) is 8.17. The Hall–Kier alpha value is -3.13. The number of hydrogen-bond acceptors (Lipinski definition) is 5. The van der Waals surface area contributed by atoms with Gasteiger partial charge in [-0.1, -0.05) is 12.1 Å². The van der Waals surface area contributed by atoms with Crippen molar-refractivity contribution >= 4 is 17.5 Å². The van der Waals surface area contributed by atoms with E-state index >= 15 is 0 Å². The van der Waals surface area contributed by atoms with Gasteiger partial charge in [-0.05, 0) is 43.7 Å². The average molecular weight is 387 g/mol. The zero-order valence-electron chi connectivity index (χ0n) is 15.5. The fraction of sp³-hybridized carbons (Fsp3) is 0.300. The Morgan fingerprint density at radius 2 is 1.96 bits per heavy atom. The summed E-state index contributed by atoms with van der Waals surface area (Å²) in [6.07, 6.45) is 1.69. The number of para-hydroxylation sites is 2. The number of carbonyl (C=O) groups is 2. The van der Waals surface area contributed by atoms with Crippen LogP contribution in [0.15, 0.2) is 42.5 Å². The van der Waals surface area contributed by atoms with Crippen molar-refractivity contribution in [3.63, 3.8) is 0 Å². The third-order valence-corrected chi connectivity index (χ3v) is 4.30. The lowest BCUT2D eigenvalue weighted by molar-refractivity contribution is -0.125. The smallest absolute Gasteiger partial charge is 0.243 e. The standard InChI is InChI=1S/C20H22FN3O4/c1-27-17-6-2-3-7-18(17)28-16-9-8-13(11-14(16)21)24-19(25)12-23-20(26)15-5-4-10-22-15/h2-3,6-9,11,15,22H,4-5,10,12H2,1H3,(H,23,26)(H,24,25). The summed E-state index contributed by atoms with van der Waals surface area (Å²) >= 11 is 0. The van der Waals surface area contributed by atoms with Crippen LogP contribution in [0.1, 0.15) is 12.8 Å². The largest absolute Gasteiger partial charge is 0.493 e. The first-order chi connectivity index (χ1) is 13.6. The Kier molecular flexibility index (Phi) is 6.44. The van der Waals surface area contributed by atoms with Gasteiger partial charge in [-0.25, -0.2) is 4.39 Å². The summed E-state index contributed by atoms with van der Waals surface area (Å²) in [6, 6.07) is 10.7. The quantitative estimate of drug-likeness (QED) is 0.679. The molecule has 3 N–H and O–H groups in total. The van der Waals surface area contributed by atoms with Crippen LogP contribution in [0.3, 0.4) is 0 Å². The number of ether oxygens (including phenoxy) is 2. The molecule has 148 valence electrons. The van der Waals surface area contributed by atoms with Gasteiger partial charge in [0.2, 0.25) is 11.8 Å². The van der Waals surface area contributed by atoms with Gasteiger partial charge in [0.15, 0.2) is 23.1 Å². The molecule has 0 bridgehead atoms. The molecule has 0 aliphatic carbocycles. The lowest BCUT2D eigenvalue weighted by atomic mass is 10.2. The molecule has 0 radical (unpaired) electrons. The molecule has 0 spiro atoms. The normalized spacial score (nSPS) is 15.7. The molecule has 1 unspecified atom stereocenters. The molecule has 0 saturated carbocycles. The Balaban J connectivity index is 1.56. The highest BCUT2D eigenvalue weighted by Gasteiger charge is 2.22. The van der Waals surface area contributed by atoms with Crippen LogP contribution in [0.5, 0.6) is 17.2 Å². The van der Waals surface area contributed by atoms with Crippen LogP contribution in [-0.2, 0) is 9.59 Å². The highest BCUT2D eigenvalue weighted by molar-refractivity contribution is 5.95. The summed E-state index contributed by atoms with van der Waals surface area (Å²) in [4.78, 5) is 23.9. The number of rotatable bonds is 7. The van der Waals surface area contributed by atoms with E-state index in [-0.39, 0.29) is 29.9 Å². The van der Waals surface area contributed by atoms with Crippen molar-refractivity contribution in [2.24, 2.45) is 0 Å². The second kappa shape index (κ2) is 9.18. The van der Waals surface area contributed by atoms with Crippen LogP contribution in [0, 0.1) is 5.82 Å². The molecule has 2 aromatic rings. The van der Waals surface area contributed by atoms with Gasteiger partial charge in [0.1, 0.15) is 0 Å². The molecule has 1 aliphatic rings. The number of hydrogen-bond donors (Lipinski definition) is 3. The zero-order chi connectivity index (χ0) is 19.9. The maximum Gasteiger partial charge on any atom is 0.243 e. The molecule has 1 saturated heterocycles. The van der Waals surface area contributed by atoms with Crippen molar-refractivity contribution in [1.29, 1.82) is 0 Å². The predicted octanol–water partition coefficient (Wildman–Crippen LogP) is 2.43. The fourth-order valence-electron chi connectivity index (χ4n) is 2.89. The summed E-state index contributed by atoms with van der Waals surface area (Å²) in [7, 11) is 1.50. The highest BCUT2D eigenvalue weighted by Crippen LogP contribution is 2.33. The van der Waals surface area contributed by atoms with Gasteiger partial charge >= 0.3 is 0 Å². The number of methoxy groups -OCH3 is 1. The molecular formula is C20H22FN3O4. The number of amides is 2. The Morgan fingerprint density at radius 3 is 2.64 bits per heavy atom. The fourth-order valence-corrected chi connectivity index (χ4v) is 2.89. The lowest BCUT2D eigenvalue weighted by Crippen LogP contribution is -2.43. The van der Waals surface area contributed by atoms with Crippen molar-refractivity contribution in [2.45, 2.75) is 18.9 Å². The molecule has 8 heteroatoms. The molecule has 28 heavy (non-hydrogen) atoms. The molecule has 7 nitrogen and oxygen atoms in total. The van der Waals surface area contributed by atoms with Crippen LogP contribution < -0.4 is 25.4 Å². The van der Waals surface area contributed by atoms with Gasteiger partial charge < -0.3 is 25.4 Å². The minimum atomic E-state index is -0.636. The molecule has 1 fully saturated rings. The highest BCUT2D eigenvalue weighted by atomic mass is 19.1. The van der Waals surface area contributed by atoms with E-state index in [1.165, 1.54) is 19.2 Å². The topological polar surface area (TPSA) is 88.7 Å². The predicted molar refractivity (Wildman–Crippen MR) is 102 cm³/mol. The Bertz CT molecular complexity index is 853. The summed E-state index contributed by atoms with van der Waals surface area (Å²) in [5.74, 6) is -0.426. The molecular weight excluding hydrogens is 365 g/mol. The van der Waals surface area contributed by atoms with Crippen molar-refractivity contribution in [2.75, 3.05) is 25.5 Å². The van der Waals surface area contributed by atoms with Crippen molar-refractivity contribution in [1.82, 2.24) is 10.6 Å². The van der Waals surface area contributed by atoms with E-state index in [4.69, 9.17) is 9.47 Å². The van der Waals surface area contributed by atoms with Gasteiger partial charge in [0.25, 0.3) is 0 Å². The van der Waals surface area contributed by atoms with Crippen LogP contribution >= 0.6 is 0 Å². The lowest BCUT2D eigenvalue weighted by Gasteiger charge is -2.13. The van der Waals surface area contributed by atoms with E-state index < -0.39 is 11.7 Å². The number of benzene rings is 2. The second-order valence-electron chi connectivity index (χ2n) is 6.31. The van der Waals surface area contributed by atoms with Crippen LogP contribution in [0.4, 0.5) is 10.1 Å². The van der Waals surface area contributed by atoms with Gasteiger partial charge in [-0.15, -0.1) is 0 Å². The van der Waals surface area contributed by atoms with Gasteiger partial charge in [0, 0.05) is 11.8 Å². The monoisotopic (exact) mass is 387 g/mol. The van der Waals surface area contributed by atoms with E-state index in [1.807, 2.05) is 0 Å². The molecule has 1 aliphatic heterocycles. The number of anilines is 1. The van der Waals surface area contributed by atoms with Gasteiger partial charge in [0.05, 0.1) is 19.7 Å². The van der Waals surface area contributed by atoms with E-state index in [0.717, 1.165) is 25.5 Å². The third kappa shape index (κ3) is 4.98. The van der Waals surface area contributed by atoms with Gasteiger partial charge in [-0.3, -0.25) is 9.59 Å². The first-order valence-corrected chi connectivity index (χ1v) is 8.98. The zero-order valence-corrected chi connectivity index (χ0v) is 15.5.